The Morgan fingerprint density at radius 3 is 2.83 bits per heavy atom. The van der Waals surface area contributed by atoms with Crippen LogP contribution in [0.15, 0.2) is 42.9 Å². The first-order valence-electron chi connectivity index (χ1n) is 7.34. The fourth-order valence-corrected chi connectivity index (χ4v) is 2.33. The molecule has 0 saturated carbocycles. The first-order chi connectivity index (χ1) is 11.3. The standard InChI is InChI=1S/C16H19N5O2/c1-23-15-4-2-12(3-5-15)16-13(9-18-20-16)8-17-14-10-19-21(11-14)6-7-22/h2-5,9-11,17,22H,6-8H2,1H3,(H,18,20). The van der Waals surface area contributed by atoms with Gasteiger partial charge in [0.15, 0.2) is 0 Å². The Morgan fingerprint density at radius 2 is 2.09 bits per heavy atom. The summed E-state index contributed by atoms with van der Waals surface area (Å²) in [5.74, 6) is 0.823. The van der Waals surface area contributed by atoms with Crippen molar-refractivity contribution in [3.8, 4) is 17.0 Å². The number of aliphatic hydroxyl groups excluding tert-OH is 1. The summed E-state index contributed by atoms with van der Waals surface area (Å²) in [5.41, 5.74) is 3.99. The minimum absolute atomic E-state index is 0.0739. The van der Waals surface area contributed by atoms with E-state index in [1.165, 1.54) is 0 Å². The summed E-state index contributed by atoms with van der Waals surface area (Å²) in [4.78, 5) is 0. The van der Waals surface area contributed by atoms with Crippen LogP contribution < -0.4 is 10.1 Å². The van der Waals surface area contributed by atoms with Gasteiger partial charge in [0.2, 0.25) is 0 Å². The van der Waals surface area contributed by atoms with Crippen molar-refractivity contribution in [2.45, 2.75) is 13.1 Å². The number of anilines is 1. The number of rotatable bonds is 7. The van der Waals surface area contributed by atoms with Crippen LogP contribution in [-0.2, 0) is 13.1 Å². The van der Waals surface area contributed by atoms with Crippen molar-refractivity contribution in [2.24, 2.45) is 0 Å². The van der Waals surface area contributed by atoms with Crippen molar-refractivity contribution in [3.63, 3.8) is 0 Å². The fourth-order valence-electron chi connectivity index (χ4n) is 2.33. The average molecular weight is 313 g/mol. The van der Waals surface area contributed by atoms with Crippen LogP contribution in [0.4, 0.5) is 5.69 Å². The van der Waals surface area contributed by atoms with Gasteiger partial charge in [0, 0.05) is 23.9 Å². The highest BCUT2D eigenvalue weighted by Crippen LogP contribution is 2.24. The van der Waals surface area contributed by atoms with Crippen LogP contribution >= 0.6 is 0 Å². The molecule has 0 saturated heterocycles. The van der Waals surface area contributed by atoms with Crippen LogP contribution in [0.25, 0.3) is 11.3 Å². The van der Waals surface area contributed by atoms with Crippen LogP contribution in [0.1, 0.15) is 5.56 Å². The Labute approximate surface area is 133 Å². The summed E-state index contributed by atoms with van der Waals surface area (Å²) < 4.78 is 6.88. The lowest BCUT2D eigenvalue weighted by Gasteiger charge is -2.06. The normalized spacial score (nSPS) is 10.7. The predicted octanol–water partition coefficient (Wildman–Crippen LogP) is 1.89. The predicted molar refractivity (Wildman–Crippen MR) is 87.2 cm³/mol. The number of aliphatic hydroxyl groups is 1. The van der Waals surface area contributed by atoms with E-state index in [-0.39, 0.29) is 6.61 Å². The van der Waals surface area contributed by atoms with Gasteiger partial charge in [-0.2, -0.15) is 10.2 Å². The van der Waals surface area contributed by atoms with E-state index in [2.05, 4.69) is 20.6 Å². The zero-order valence-corrected chi connectivity index (χ0v) is 12.9. The molecule has 3 rings (SSSR count). The quantitative estimate of drug-likeness (QED) is 0.620. The molecule has 3 aromatic rings. The second kappa shape index (κ2) is 6.97. The third-order valence-electron chi connectivity index (χ3n) is 3.54. The molecule has 0 unspecified atom stereocenters. The number of methoxy groups -OCH3 is 1. The summed E-state index contributed by atoms with van der Waals surface area (Å²) in [5, 5.41) is 23.6. The van der Waals surface area contributed by atoms with E-state index in [0.717, 1.165) is 28.3 Å². The van der Waals surface area contributed by atoms with Crippen LogP contribution in [-0.4, -0.2) is 38.8 Å². The van der Waals surface area contributed by atoms with Gasteiger partial charge in [-0.25, -0.2) is 0 Å². The number of benzene rings is 1. The van der Waals surface area contributed by atoms with E-state index in [9.17, 15) is 0 Å². The van der Waals surface area contributed by atoms with Crippen molar-refractivity contribution >= 4 is 5.69 Å². The highest BCUT2D eigenvalue weighted by molar-refractivity contribution is 5.64. The number of nitrogens with one attached hydrogen (secondary N) is 2. The van der Waals surface area contributed by atoms with Gasteiger partial charge in [0.1, 0.15) is 5.75 Å². The topological polar surface area (TPSA) is 88.0 Å². The Hall–Kier alpha value is -2.80. The number of hydrogen-bond donors (Lipinski definition) is 3. The molecule has 0 bridgehead atoms. The van der Waals surface area contributed by atoms with Gasteiger partial charge in [0.05, 0.1) is 44.0 Å². The lowest BCUT2D eigenvalue weighted by Crippen LogP contribution is -2.02. The number of ether oxygens (including phenoxy) is 1. The van der Waals surface area contributed by atoms with Gasteiger partial charge in [0.25, 0.3) is 0 Å². The molecule has 7 heteroatoms. The summed E-state index contributed by atoms with van der Waals surface area (Å²) in [6.07, 6.45) is 5.41. The number of H-pyrrole nitrogens is 1. The zero-order chi connectivity index (χ0) is 16.1. The Bertz CT molecular complexity index is 748. The molecule has 0 spiro atoms. The molecule has 0 aliphatic heterocycles. The molecule has 23 heavy (non-hydrogen) atoms. The molecule has 2 heterocycles. The third-order valence-corrected chi connectivity index (χ3v) is 3.54. The molecule has 0 atom stereocenters. The monoisotopic (exact) mass is 313 g/mol. The number of hydrogen-bond acceptors (Lipinski definition) is 5. The second-order valence-electron chi connectivity index (χ2n) is 5.07. The van der Waals surface area contributed by atoms with Gasteiger partial charge >= 0.3 is 0 Å². The molecule has 0 aliphatic carbocycles. The first kappa shape index (κ1) is 15.1. The van der Waals surface area contributed by atoms with Crippen LogP contribution in [0, 0.1) is 0 Å². The van der Waals surface area contributed by atoms with E-state index < -0.39 is 0 Å². The summed E-state index contributed by atoms with van der Waals surface area (Å²) in [6, 6.07) is 7.84. The fraction of sp³-hybridized carbons (Fsp3) is 0.250. The molecule has 120 valence electrons. The van der Waals surface area contributed by atoms with Crippen molar-refractivity contribution < 1.29 is 9.84 Å². The third kappa shape index (κ3) is 3.51. The maximum atomic E-state index is 8.91. The first-order valence-corrected chi connectivity index (χ1v) is 7.34. The maximum Gasteiger partial charge on any atom is 0.118 e. The Morgan fingerprint density at radius 1 is 1.26 bits per heavy atom. The van der Waals surface area contributed by atoms with Gasteiger partial charge < -0.3 is 15.2 Å². The minimum atomic E-state index is 0.0739. The summed E-state index contributed by atoms with van der Waals surface area (Å²) in [6.45, 7) is 1.19. The van der Waals surface area contributed by atoms with Gasteiger partial charge in [-0.15, -0.1) is 0 Å². The van der Waals surface area contributed by atoms with E-state index >= 15 is 0 Å². The van der Waals surface area contributed by atoms with Crippen LogP contribution in [0.2, 0.25) is 0 Å². The van der Waals surface area contributed by atoms with E-state index in [1.807, 2.05) is 36.7 Å². The number of aromatic nitrogens is 4. The van der Waals surface area contributed by atoms with Gasteiger partial charge in [-0.05, 0) is 24.3 Å². The lowest BCUT2D eigenvalue weighted by atomic mass is 10.1. The maximum absolute atomic E-state index is 8.91. The van der Waals surface area contributed by atoms with Crippen molar-refractivity contribution in [1.82, 2.24) is 20.0 Å². The van der Waals surface area contributed by atoms with Crippen molar-refractivity contribution in [3.05, 3.63) is 48.4 Å². The molecule has 0 radical (unpaired) electrons. The highest BCUT2D eigenvalue weighted by Gasteiger charge is 2.08. The summed E-state index contributed by atoms with van der Waals surface area (Å²) in [7, 11) is 1.65. The van der Waals surface area contributed by atoms with Crippen LogP contribution in [0.3, 0.4) is 0 Å². The van der Waals surface area contributed by atoms with Crippen molar-refractivity contribution in [1.29, 1.82) is 0 Å². The van der Waals surface area contributed by atoms with Gasteiger partial charge in [-0.3, -0.25) is 9.78 Å². The molecule has 7 nitrogen and oxygen atoms in total. The van der Waals surface area contributed by atoms with Crippen LogP contribution in [0.5, 0.6) is 5.75 Å². The lowest BCUT2D eigenvalue weighted by molar-refractivity contribution is 0.269. The largest absolute Gasteiger partial charge is 0.497 e. The molecule has 0 aliphatic rings. The zero-order valence-electron chi connectivity index (χ0n) is 12.9. The minimum Gasteiger partial charge on any atom is -0.497 e. The number of aromatic amines is 1. The van der Waals surface area contributed by atoms with E-state index in [1.54, 1.807) is 18.0 Å². The molecular formula is C16H19N5O2. The molecule has 2 aromatic heterocycles. The second-order valence-corrected chi connectivity index (χ2v) is 5.07. The molecule has 3 N–H and O–H groups in total. The summed E-state index contributed by atoms with van der Waals surface area (Å²) >= 11 is 0. The molecular weight excluding hydrogens is 294 g/mol. The average Bonchev–Trinajstić information content (AvgIpc) is 3.22. The Balaban J connectivity index is 1.70. The van der Waals surface area contributed by atoms with Gasteiger partial charge in [-0.1, -0.05) is 0 Å². The van der Waals surface area contributed by atoms with E-state index in [4.69, 9.17) is 9.84 Å². The van der Waals surface area contributed by atoms with Crippen molar-refractivity contribution in [2.75, 3.05) is 19.0 Å². The Kier molecular flexibility index (Phi) is 4.58. The van der Waals surface area contributed by atoms with E-state index in [0.29, 0.717) is 13.1 Å². The smallest absolute Gasteiger partial charge is 0.118 e. The SMILES string of the molecule is COc1ccc(-c2[nH]ncc2CNc2cnn(CCO)c2)cc1. The highest BCUT2D eigenvalue weighted by atomic mass is 16.5. The molecule has 1 aromatic carbocycles. The molecule has 0 amide bonds. The number of nitrogens with zero attached hydrogens (tertiary/aromatic N) is 3. The molecule has 0 fully saturated rings.